The lowest BCUT2D eigenvalue weighted by Gasteiger charge is -2.36. The molecule has 2 heterocycles. The Balaban J connectivity index is 1.57. The van der Waals surface area contributed by atoms with Gasteiger partial charge in [-0.15, -0.1) is 0 Å². The summed E-state index contributed by atoms with van der Waals surface area (Å²) >= 11 is 0. The molecule has 0 saturated carbocycles. The van der Waals surface area contributed by atoms with Gasteiger partial charge in [0, 0.05) is 38.4 Å². The fraction of sp³-hybridized carbons (Fsp3) is 0.478. The number of aryl methyl sites for hydroxylation is 2. The molecule has 32 heavy (non-hydrogen) atoms. The van der Waals surface area contributed by atoms with Crippen LogP contribution in [0.15, 0.2) is 41.3 Å². The molecular weight excluding hydrogens is 446 g/mol. The van der Waals surface area contributed by atoms with Crippen molar-refractivity contribution < 1.29 is 16.8 Å². The predicted molar refractivity (Wildman–Crippen MR) is 128 cm³/mol. The van der Waals surface area contributed by atoms with Crippen LogP contribution in [0.1, 0.15) is 29.5 Å². The highest BCUT2D eigenvalue weighted by Gasteiger charge is 2.32. The maximum Gasteiger partial charge on any atom is 0.243 e. The minimum atomic E-state index is -3.73. The van der Waals surface area contributed by atoms with Crippen molar-refractivity contribution in [1.29, 1.82) is 0 Å². The van der Waals surface area contributed by atoms with Crippen molar-refractivity contribution in [3.05, 3.63) is 53.1 Å². The van der Waals surface area contributed by atoms with Crippen LogP contribution in [-0.4, -0.2) is 59.6 Å². The van der Waals surface area contributed by atoms with E-state index in [4.69, 9.17) is 0 Å². The Kier molecular flexibility index (Phi) is 6.26. The lowest BCUT2D eigenvalue weighted by molar-refractivity contribution is 0.384. The van der Waals surface area contributed by atoms with Gasteiger partial charge in [0.15, 0.2) is 0 Å². The van der Waals surface area contributed by atoms with Crippen LogP contribution in [0, 0.1) is 20.8 Å². The van der Waals surface area contributed by atoms with E-state index in [2.05, 4.69) is 30.9 Å². The lowest BCUT2D eigenvalue weighted by Crippen LogP contribution is -2.49. The highest BCUT2D eigenvalue weighted by atomic mass is 32.2. The summed E-state index contributed by atoms with van der Waals surface area (Å²) < 4.78 is 54.9. The van der Waals surface area contributed by atoms with Crippen molar-refractivity contribution in [3.8, 4) is 0 Å². The van der Waals surface area contributed by atoms with Gasteiger partial charge in [-0.3, -0.25) is 4.31 Å². The molecule has 2 aromatic carbocycles. The van der Waals surface area contributed by atoms with E-state index < -0.39 is 20.0 Å². The van der Waals surface area contributed by atoms with Gasteiger partial charge in [-0.1, -0.05) is 18.2 Å². The minimum Gasteiger partial charge on any atom is -0.369 e. The van der Waals surface area contributed by atoms with Crippen molar-refractivity contribution in [2.75, 3.05) is 47.7 Å². The average molecular weight is 478 g/mol. The standard InChI is InChI=1S/C23H31N3O4S2/c1-18-7-6-8-22(20(18)3)24-12-14-25(15-13-24)32(29,30)23-17-21(10-9-19(23)2)26-11-4-5-16-31(26,27)28/h6-10,17H,4-5,11-16H2,1-3H3. The molecule has 0 aromatic heterocycles. The van der Waals surface area contributed by atoms with Gasteiger partial charge in [0.25, 0.3) is 0 Å². The summed E-state index contributed by atoms with van der Waals surface area (Å²) in [5.41, 5.74) is 4.64. The van der Waals surface area contributed by atoms with E-state index in [1.807, 2.05) is 6.07 Å². The Morgan fingerprint density at radius 2 is 1.56 bits per heavy atom. The third-order valence-corrected chi connectivity index (χ3v) is 10.5. The van der Waals surface area contributed by atoms with Crippen LogP contribution >= 0.6 is 0 Å². The molecule has 2 aliphatic rings. The number of anilines is 2. The summed E-state index contributed by atoms with van der Waals surface area (Å²) in [4.78, 5) is 2.42. The number of rotatable bonds is 4. The Morgan fingerprint density at radius 1 is 0.844 bits per heavy atom. The maximum absolute atomic E-state index is 13.5. The first kappa shape index (κ1) is 23.1. The first-order valence-electron chi connectivity index (χ1n) is 11.0. The van der Waals surface area contributed by atoms with Crippen LogP contribution in [-0.2, 0) is 20.0 Å². The molecule has 2 aromatic rings. The molecule has 0 radical (unpaired) electrons. The normalized spacial score (nSPS) is 19.8. The molecule has 9 heteroatoms. The van der Waals surface area contributed by atoms with Crippen LogP contribution in [0.3, 0.4) is 0 Å². The monoisotopic (exact) mass is 477 g/mol. The van der Waals surface area contributed by atoms with Gasteiger partial charge >= 0.3 is 0 Å². The SMILES string of the molecule is Cc1ccc(N2CCCCS2(=O)=O)cc1S(=O)(=O)N1CCN(c2cccc(C)c2C)CC1. The van der Waals surface area contributed by atoms with Gasteiger partial charge in [-0.2, -0.15) is 4.31 Å². The zero-order chi connectivity index (χ0) is 23.1. The second kappa shape index (κ2) is 8.68. The Labute approximate surface area is 191 Å². The molecule has 0 aliphatic carbocycles. The first-order chi connectivity index (χ1) is 15.1. The molecule has 2 aliphatic heterocycles. The molecule has 2 saturated heterocycles. The summed E-state index contributed by atoms with van der Waals surface area (Å²) in [7, 11) is -7.13. The summed E-state index contributed by atoms with van der Waals surface area (Å²) in [6.45, 7) is 8.33. The number of piperazine rings is 1. The van der Waals surface area contributed by atoms with Crippen LogP contribution in [0.5, 0.6) is 0 Å². The van der Waals surface area contributed by atoms with Gasteiger partial charge in [0.1, 0.15) is 0 Å². The number of hydrogen-bond acceptors (Lipinski definition) is 5. The fourth-order valence-corrected chi connectivity index (χ4v) is 7.79. The predicted octanol–water partition coefficient (Wildman–Crippen LogP) is 3.05. The molecule has 0 bridgehead atoms. The van der Waals surface area contributed by atoms with Gasteiger partial charge in [-0.25, -0.2) is 16.8 Å². The van der Waals surface area contributed by atoms with Crippen LogP contribution in [0.2, 0.25) is 0 Å². The fourth-order valence-electron chi connectivity index (χ4n) is 4.49. The summed E-state index contributed by atoms with van der Waals surface area (Å²) in [6.07, 6.45) is 1.41. The smallest absolute Gasteiger partial charge is 0.243 e. The second-order valence-electron chi connectivity index (χ2n) is 8.66. The van der Waals surface area contributed by atoms with E-state index in [0.29, 0.717) is 50.4 Å². The molecule has 4 rings (SSSR count). The number of nitrogens with zero attached hydrogens (tertiary/aromatic N) is 3. The topological polar surface area (TPSA) is 78.0 Å². The number of sulfonamides is 2. The summed E-state index contributed by atoms with van der Waals surface area (Å²) in [6, 6.07) is 11.1. The molecule has 7 nitrogen and oxygen atoms in total. The Bertz CT molecular complexity index is 1220. The highest BCUT2D eigenvalue weighted by Crippen LogP contribution is 2.31. The lowest BCUT2D eigenvalue weighted by atomic mass is 10.1. The Hall–Kier alpha value is -2.10. The third-order valence-electron chi connectivity index (χ3n) is 6.58. The van der Waals surface area contributed by atoms with E-state index in [1.54, 1.807) is 19.1 Å². The average Bonchev–Trinajstić information content (AvgIpc) is 2.76. The molecule has 0 N–H and O–H groups in total. The van der Waals surface area contributed by atoms with Crippen molar-refractivity contribution in [2.24, 2.45) is 0 Å². The number of benzene rings is 2. The van der Waals surface area contributed by atoms with E-state index in [1.165, 1.54) is 25.8 Å². The zero-order valence-electron chi connectivity index (χ0n) is 18.9. The number of hydrogen-bond donors (Lipinski definition) is 0. The zero-order valence-corrected chi connectivity index (χ0v) is 20.5. The van der Waals surface area contributed by atoms with Crippen LogP contribution in [0.25, 0.3) is 0 Å². The van der Waals surface area contributed by atoms with Gasteiger partial charge in [0.2, 0.25) is 20.0 Å². The molecule has 174 valence electrons. The molecule has 0 spiro atoms. The van der Waals surface area contributed by atoms with E-state index in [-0.39, 0.29) is 10.6 Å². The molecule has 0 amide bonds. The molecule has 2 fully saturated rings. The van der Waals surface area contributed by atoms with E-state index in [0.717, 1.165) is 12.1 Å². The maximum atomic E-state index is 13.5. The summed E-state index contributed by atoms with van der Waals surface area (Å²) in [5.74, 6) is 0.100. The van der Waals surface area contributed by atoms with Crippen LogP contribution < -0.4 is 9.21 Å². The van der Waals surface area contributed by atoms with Crippen molar-refractivity contribution in [2.45, 2.75) is 38.5 Å². The van der Waals surface area contributed by atoms with Crippen molar-refractivity contribution >= 4 is 31.4 Å². The van der Waals surface area contributed by atoms with Crippen molar-refractivity contribution in [3.63, 3.8) is 0 Å². The molecule has 0 unspecified atom stereocenters. The van der Waals surface area contributed by atoms with Gasteiger partial charge in [-0.05, 0) is 68.5 Å². The van der Waals surface area contributed by atoms with Crippen molar-refractivity contribution in [1.82, 2.24) is 4.31 Å². The van der Waals surface area contributed by atoms with E-state index >= 15 is 0 Å². The summed E-state index contributed by atoms with van der Waals surface area (Å²) in [5, 5.41) is 0. The van der Waals surface area contributed by atoms with Gasteiger partial charge in [0.05, 0.1) is 16.3 Å². The first-order valence-corrected chi connectivity index (χ1v) is 14.1. The quantitative estimate of drug-likeness (QED) is 0.676. The van der Waals surface area contributed by atoms with Crippen LogP contribution in [0.4, 0.5) is 11.4 Å². The van der Waals surface area contributed by atoms with Gasteiger partial charge < -0.3 is 4.90 Å². The highest BCUT2D eigenvalue weighted by molar-refractivity contribution is 7.92. The molecule has 0 atom stereocenters. The molecular formula is C23H31N3O4S2. The minimum absolute atomic E-state index is 0.100. The van der Waals surface area contributed by atoms with E-state index in [9.17, 15) is 16.8 Å². The largest absolute Gasteiger partial charge is 0.369 e. The second-order valence-corrected chi connectivity index (χ2v) is 12.6. The Morgan fingerprint density at radius 3 is 2.25 bits per heavy atom. The third kappa shape index (κ3) is 4.25.